The van der Waals surface area contributed by atoms with E-state index in [9.17, 15) is 0 Å². The number of hydrogen-bond donors (Lipinski definition) is 0. The van der Waals surface area contributed by atoms with Gasteiger partial charge in [-0.1, -0.05) is 131 Å². The maximum absolute atomic E-state index is 8.86. The molecule has 0 aliphatic rings. The van der Waals surface area contributed by atoms with Crippen LogP contribution in [0.2, 0.25) is 0 Å². The number of furan rings is 1. The second kappa shape index (κ2) is 15.0. The Morgan fingerprint density at radius 3 is 2.08 bits per heavy atom. The van der Waals surface area contributed by atoms with Crippen LogP contribution in [0.5, 0.6) is 0 Å². The van der Waals surface area contributed by atoms with Gasteiger partial charge in [-0.25, -0.2) is 0 Å². The Morgan fingerprint density at radius 1 is 0.642 bits per heavy atom. The SMILES string of the molecule is [2H]C([2H])([2H])c1c[c-]c(-c2cc(C([2H])([2H])[2H])c(C([2H])([2H])C(C)(C)C)cn2)cc1.[2H]C([2H])([2H])c1cnc(-c2[c-]ccc3c2oc2c3ccc3c4ccccc4ccc32)cc1C([2H])([2H])C(C)(C)C.[Ir]. The molecule has 0 saturated carbocycles. The van der Waals surface area contributed by atoms with Crippen molar-refractivity contribution in [2.75, 3.05) is 0 Å². The van der Waals surface area contributed by atoms with Crippen LogP contribution in [0.15, 0.2) is 108 Å². The van der Waals surface area contributed by atoms with E-state index in [1.165, 1.54) is 36.7 Å². The Morgan fingerprint density at radius 2 is 1.34 bits per heavy atom. The zero-order chi connectivity index (χ0) is 47.9. The number of fused-ring (bicyclic) bond motifs is 7. The molecule has 4 heteroatoms. The van der Waals surface area contributed by atoms with Crippen molar-refractivity contribution in [3.63, 3.8) is 0 Å². The first-order valence-corrected chi connectivity index (χ1v) is 17.2. The molecule has 8 rings (SSSR count). The molecule has 0 saturated heterocycles. The summed E-state index contributed by atoms with van der Waals surface area (Å²) in [6, 6.07) is 33.6. The summed E-state index contributed by atoms with van der Waals surface area (Å²) in [6.45, 7) is 3.11. The minimum atomic E-state index is -2.52. The van der Waals surface area contributed by atoms with Gasteiger partial charge < -0.3 is 14.4 Å². The molecular weight excluding hydrogens is 825 g/mol. The van der Waals surface area contributed by atoms with Crippen LogP contribution in [0.4, 0.5) is 0 Å². The molecule has 0 aliphatic carbocycles. The van der Waals surface area contributed by atoms with E-state index in [1.54, 1.807) is 53.7 Å². The third kappa shape index (κ3) is 8.30. The topological polar surface area (TPSA) is 38.9 Å². The molecule has 53 heavy (non-hydrogen) atoms. The van der Waals surface area contributed by atoms with Crippen LogP contribution in [-0.4, -0.2) is 9.97 Å². The summed E-state index contributed by atoms with van der Waals surface area (Å²) in [5.41, 5.74) is 1.45. The zero-order valence-corrected chi connectivity index (χ0v) is 32.8. The molecule has 0 atom stereocenters. The van der Waals surface area contributed by atoms with Crippen molar-refractivity contribution in [2.45, 2.75) is 74.8 Å². The van der Waals surface area contributed by atoms with Gasteiger partial charge in [-0.3, -0.25) is 0 Å². The molecule has 3 heterocycles. The van der Waals surface area contributed by atoms with Gasteiger partial charge in [0.15, 0.2) is 0 Å². The molecule has 0 amide bonds. The number of aryl methyl sites for hydroxylation is 3. The van der Waals surface area contributed by atoms with E-state index in [1.807, 2.05) is 18.2 Å². The third-order valence-electron chi connectivity index (χ3n) is 8.49. The first kappa shape index (κ1) is 24.6. The van der Waals surface area contributed by atoms with Gasteiger partial charge in [-0.15, -0.1) is 53.6 Å². The van der Waals surface area contributed by atoms with Crippen molar-refractivity contribution in [3.8, 4) is 22.5 Å². The summed E-state index contributed by atoms with van der Waals surface area (Å²) < 4.78 is 111. The maximum atomic E-state index is 8.86. The molecule has 271 valence electrons. The Hall–Kier alpha value is -4.63. The number of hydrogen-bond acceptors (Lipinski definition) is 3. The van der Waals surface area contributed by atoms with Gasteiger partial charge in [0.1, 0.15) is 5.58 Å². The van der Waals surface area contributed by atoms with Gasteiger partial charge in [0.25, 0.3) is 0 Å². The summed E-state index contributed by atoms with van der Waals surface area (Å²) in [6.07, 6.45) is -1.30. The molecule has 0 fully saturated rings. The van der Waals surface area contributed by atoms with Crippen LogP contribution in [0.3, 0.4) is 0 Å². The number of pyridine rings is 2. The molecular formula is C49H48IrN2O-2. The second-order valence-corrected chi connectivity index (χ2v) is 15.0. The Kier molecular flexibility index (Phi) is 6.98. The van der Waals surface area contributed by atoms with E-state index in [4.69, 9.17) is 22.2 Å². The predicted molar refractivity (Wildman–Crippen MR) is 220 cm³/mol. The fourth-order valence-electron chi connectivity index (χ4n) is 6.27. The number of benzene rings is 5. The second-order valence-electron chi connectivity index (χ2n) is 15.0. The van der Waals surface area contributed by atoms with E-state index >= 15 is 0 Å². The minimum absolute atomic E-state index is 0. The van der Waals surface area contributed by atoms with E-state index in [0.29, 0.717) is 28.1 Å². The van der Waals surface area contributed by atoms with Crippen LogP contribution in [0.1, 0.15) is 87.2 Å². The molecule has 0 spiro atoms. The normalized spacial score (nSPS) is 16.8. The van der Waals surface area contributed by atoms with Crippen LogP contribution in [0, 0.1) is 43.5 Å². The Labute approximate surface area is 346 Å². The van der Waals surface area contributed by atoms with Crippen LogP contribution >= 0.6 is 0 Å². The van der Waals surface area contributed by atoms with Crippen LogP contribution < -0.4 is 0 Å². The average Bonchev–Trinajstić information content (AvgIpc) is 3.61. The van der Waals surface area contributed by atoms with Gasteiger partial charge in [-0.2, -0.15) is 0 Å². The molecule has 3 aromatic heterocycles. The van der Waals surface area contributed by atoms with Gasteiger partial charge in [-0.05, 0) is 76.0 Å². The van der Waals surface area contributed by atoms with Gasteiger partial charge in [0, 0.05) is 61.1 Å². The molecule has 1 radical (unpaired) electrons. The largest absolute Gasteiger partial charge is 0.500 e. The first-order valence-electron chi connectivity index (χ1n) is 23.7. The summed E-state index contributed by atoms with van der Waals surface area (Å²) in [5.74, 6) is 0. The Bertz CT molecular complexity index is 3080. The summed E-state index contributed by atoms with van der Waals surface area (Å²) >= 11 is 0. The smallest absolute Gasteiger partial charge is 0.128 e. The molecule has 0 N–H and O–H groups in total. The van der Waals surface area contributed by atoms with Crippen molar-refractivity contribution in [1.82, 2.24) is 9.97 Å². The van der Waals surface area contributed by atoms with E-state index < -0.39 is 44.1 Å². The van der Waals surface area contributed by atoms with E-state index in [0.717, 1.165) is 37.9 Å². The zero-order valence-electron chi connectivity index (χ0n) is 43.5. The number of nitrogens with zero attached hydrogens (tertiary/aromatic N) is 2. The molecule has 8 aromatic rings. The van der Waals surface area contributed by atoms with Crippen LogP contribution in [0.25, 0.3) is 66.0 Å². The van der Waals surface area contributed by atoms with Crippen molar-refractivity contribution in [1.29, 1.82) is 0 Å². The maximum Gasteiger partial charge on any atom is 0.128 e. The fourth-order valence-corrected chi connectivity index (χ4v) is 6.27. The monoisotopic (exact) mass is 886 g/mol. The standard InChI is InChI=1S/C31H26NO.C18H22N.Ir/c1-19-18-32-28(16-21(19)17-31(2,3)4)27-11-7-10-24-26-15-14-23-22-9-6-5-8-20(22)12-13-25(23)29(26)33-30(24)27;1-13-6-8-15(9-7-13)17-10-14(2)16(12-19-17)11-18(3,4)5;/h5-10,12-16,18H,17H2,1-4H3;6-8,10,12H,11H2,1-5H3;/q2*-1;/i1D3,17D2;1D3,2D3,11D2;. The van der Waals surface area contributed by atoms with E-state index in [2.05, 4.69) is 58.5 Å². The number of rotatable bonds is 4. The first-order chi connectivity index (χ1) is 29.9. The van der Waals surface area contributed by atoms with Crippen molar-refractivity contribution < 1.29 is 42.3 Å². The molecule has 0 unspecified atom stereocenters. The van der Waals surface area contributed by atoms with Gasteiger partial charge in [0.05, 0.1) is 5.58 Å². The quantitative estimate of drug-likeness (QED) is 0.131. The average molecular weight is 886 g/mol. The van der Waals surface area contributed by atoms with E-state index in [-0.39, 0.29) is 47.9 Å². The predicted octanol–water partition coefficient (Wildman–Crippen LogP) is 13.4. The molecule has 0 aliphatic heterocycles. The third-order valence-corrected chi connectivity index (χ3v) is 8.49. The Balaban J connectivity index is 0.000000229. The minimum Gasteiger partial charge on any atom is -0.500 e. The van der Waals surface area contributed by atoms with Gasteiger partial charge in [0.2, 0.25) is 0 Å². The number of aromatic nitrogens is 2. The summed E-state index contributed by atoms with van der Waals surface area (Å²) in [4.78, 5) is 8.71. The van der Waals surface area contributed by atoms with Crippen LogP contribution in [-0.2, 0) is 32.9 Å². The van der Waals surface area contributed by atoms with Gasteiger partial charge >= 0.3 is 0 Å². The molecule has 0 bridgehead atoms. The summed E-state index contributed by atoms with van der Waals surface area (Å²) in [5, 5.41) is 6.26. The molecule has 3 nitrogen and oxygen atoms in total. The summed E-state index contributed by atoms with van der Waals surface area (Å²) in [7, 11) is 0. The van der Waals surface area contributed by atoms with Crippen molar-refractivity contribution >= 4 is 43.5 Å². The van der Waals surface area contributed by atoms with Crippen molar-refractivity contribution in [2.24, 2.45) is 10.8 Å². The fraction of sp³-hybridized carbons (Fsp3) is 0.265. The van der Waals surface area contributed by atoms with Crippen molar-refractivity contribution in [3.05, 3.63) is 143 Å². The molecule has 5 aromatic carbocycles.